The zero-order valence-corrected chi connectivity index (χ0v) is 12.2. The van der Waals surface area contributed by atoms with Crippen LogP contribution in [0.2, 0.25) is 0 Å². The first kappa shape index (κ1) is 14.4. The van der Waals surface area contributed by atoms with Crippen LogP contribution in [0.15, 0.2) is 61.2 Å². The van der Waals surface area contributed by atoms with Gasteiger partial charge in [-0.25, -0.2) is 0 Å². The fourth-order valence-electron chi connectivity index (χ4n) is 1.91. The third-order valence-corrected chi connectivity index (χ3v) is 3.18. The van der Waals surface area contributed by atoms with Gasteiger partial charge in [-0.05, 0) is 17.2 Å². The monoisotopic (exact) mass is 268 g/mol. The predicted molar refractivity (Wildman–Crippen MR) is 82.7 cm³/mol. The normalized spacial score (nSPS) is 11.2. The maximum Gasteiger partial charge on any atom is 0.204 e. The Morgan fingerprint density at radius 2 is 1.55 bits per heavy atom. The molecule has 2 nitrogen and oxygen atoms in total. The van der Waals surface area contributed by atoms with Crippen LogP contribution in [0, 0.1) is 0 Å². The first-order chi connectivity index (χ1) is 9.53. The summed E-state index contributed by atoms with van der Waals surface area (Å²) in [5.74, 6) is 0.0979. The van der Waals surface area contributed by atoms with Crippen molar-refractivity contribution in [2.75, 3.05) is 7.11 Å². The van der Waals surface area contributed by atoms with Gasteiger partial charge < -0.3 is 9.47 Å². The summed E-state index contributed by atoms with van der Waals surface area (Å²) in [6.45, 7) is 7.96. The maximum atomic E-state index is 5.94. The quantitative estimate of drug-likeness (QED) is 0.743. The summed E-state index contributed by atoms with van der Waals surface area (Å²) in [5.41, 5.74) is 3.00. The van der Waals surface area contributed by atoms with Gasteiger partial charge in [0.05, 0.1) is 0 Å². The SMILES string of the molecule is C=C(c1ccccc1)c1ccccc1OC(C)(C)OC. The molecule has 0 amide bonds. The lowest BCUT2D eigenvalue weighted by atomic mass is 9.99. The van der Waals surface area contributed by atoms with E-state index in [-0.39, 0.29) is 0 Å². The van der Waals surface area contributed by atoms with Crippen LogP contribution < -0.4 is 4.74 Å². The number of methoxy groups -OCH3 is 1. The lowest BCUT2D eigenvalue weighted by molar-refractivity contribution is -0.134. The Hall–Kier alpha value is -2.06. The summed E-state index contributed by atoms with van der Waals surface area (Å²) in [6.07, 6.45) is 0. The largest absolute Gasteiger partial charge is 0.462 e. The Morgan fingerprint density at radius 3 is 2.20 bits per heavy atom. The number of ether oxygens (including phenoxy) is 2. The van der Waals surface area contributed by atoms with Crippen molar-refractivity contribution in [1.82, 2.24) is 0 Å². The topological polar surface area (TPSA) is 18.5 Å². The maximum absolute atomic E-state index is 5.94. The van der Waals surface area contributed by atoms with E-state index in [1.54, 1.807) is 7.11 Å². The average Bonchev–Trinajstić information content (AvgIpc) is 2.48. The van der Waals surface area contributed by atoms with E-state index in [0.717, 1.165) is 22.4 Å². The van der Waals surface area contributed by atoms with Crippen LogP contribution in [0.3, 0.4) is 0 Å². The second kappa shape index (κ2) is 5.93. The predicted octanol–water partition coefficient (Wildman–Crippen LogP) is 4.51. The van der Waals surface area contributed by atoms with Gasteiger partial charge in [-0.15, -0.1) is 0 Å². The highest BCUT2D eigenvalue weighted by Gasteiger charge is 2.20. The van der Waals surface area contributed by atoms with Gasteiger partial charge in [-0.2, -0.15) is 0 Å². The molecule has 2 heteroatoms. The van der Waals surface area contributed by atoms with Crippen LogP contribution >= 0.6 is 0 Å². The minimum absolute atomic E-state index is 0.674. The molecule has 2 aromatic carbocycles. The Kier molecular flexibility index (Phi) is 4.26. The first-order valence-electron chi connectivity index (χ1n) is 6.61. The lowest BCUT2D eigenvalue weighted by Crippen LogP contribution is -2.30. The minimum atomic E-state index is -0.674. The van der Waals surface area contributed by atoms with Crippen LogP contribution in [0.25, 0.3) is 5.57 Å². The fourth-order valence-corrected chi connectivity index (χ4v) is 1.91. The third kappa shape index (κ3) is 3.28. The highest BCUT2D eigenvalue weighted by Crippen LogP contribution is 2.31. The zero-order chi connectivity index (χ0) is 14.6. The van der Waals surface area contributed by atoms with E-state index in [2.05, 4.69) is 6.58 Å². The van der Waals surface area contributed by atoms with Gasteiger partial charge in [0.15, 0.2) is 0 Å². The van der Waals surface area contributed by atoms with Gasteiger partial charge in [-0.3, -0.25) is 0 Å². The van der Waals surface area contributed by atoms with Crippen LogP contribution in [-0.4, -0.2) is 12.9 Å². The summed E-state index contributed by atoms with van der Waals surface area (Å²) in [7, 11) is 1.63. The Labute approximate surface area is 120 Å². The third-order valence-electron chi connectivity index (χ3n) is 3.18. The van der Waals surface area contributed by atoms with Gasteiger partial charge in [0, 0.05) is 26.5 Å². The summed E-state index contributed by atoms with van der Waals surface area (Å²) >= 11 is 0. The Balaban J connectivity index is 2.36. The molecule has 0 saturated carbocycles. The summed E-state index contributed by atoms with van der Waals surface area (Å²) in [4.78, 5) is 0. The van der Waals surface area contributed by atoms with E-state index < -0.39 is 5.79 Å². The van der Waals surface area contributed by atoms with E-state index >= 15 is 0 Å². The Morgan fingerprint density at radius 1 is 0.950 bits per heavy atom. The molecular formula is C18H20O2. The molecule has 2 aromatic rings. The van der Waals surface area contributed by atoms with E-state index in [1.165, 1.54) is 0 Å². The van der Waals surface area contributed by atoms with Crippen LogP contribution in [0.5, 0.6) is 5.75 Å². The van der Waals surface area contributed by atoms with Gasteiger partial charge in [-0.1, -0.05) is 55.1 Å². The molecule has 2 rings (SSSR count). The molecule has 0 N–H and O–H groups in total. The smallest absolute Gasteiger partial charge is 0.204 e. The molecule has 0 saturated heterocycles. The highest BCUT2D eigenvalue weighted by molar-refractivity contribution is 5.81. The molecule has 0 aliphatic carbocycles. The molecular weight excluding hydrogens is 248 g/mol. The number of rotatable bonds is 5. The number of para-hydroxylation sites is 1. The number of benzene rings is 2. The average molecular weight is 268 g/mol. The molecule has 0 unspecified atom stereocenters. The molecule has 104 valence electrons. The van der Waals surface area contributed by atoms with Gasteiger partial charge in [0.1, 0.15) is 5.75 Å². The van der Waals surface area contributed by atoms with Crippen molar-refractivity contribution < 1.29 is 9.47 Å². The molecule has 0 spiro atoms. The first-order valence-corrected chi connectivity index (χ1v) is 6.61. The van der Waals surface area contributed by atoms with Crippen LogP contribution in [-0.2, 0) is 4.74 Å². The van der Waals surface area contributed by atoms with E-state index in [1.807, 2.05) is 68.4 Å². The second-order valence-electron chi connectivity index (χ2n) is 5.05. The Bertz CT molecular complexity index is 585. The van der Waals surface area contributed by atoms with Crippen LogP contribution in [0.4, 0.5) is 0 Å². The van der Waals surface area contributed by atoms with Crippen LogP contribution in [0.1, 0.15) is 25.0 Å². The molecule has 0 bridgehead atoms. The highest BCUT2D eigenvalue weighted by atomic mass is 16.7. The van der Waals surface area contributed by atoms with Crippen molar-refractivity contribution in [3.63, 3.8) is 0 Å². The van der Waals surface area contributed by atoms with Gasteiger partial charge in [0.25, 0.3) is 0 Å². The molecule has 0 atom stereocenters. The number of hydrogen-bond acceptors (Lipinski definition) is 2. The lowest BCUT2D eigenvalue weighted by Gasteiger charge is -2.26. The molecule has 0 aromatic heterocycles. The molecule has 0 heterocycles. The summed E-state index contributed by atoms with van der Waals surface area (Å²) < 4.78 is 11.3. The molecule has 0 fully saturated rings. The van der Waals surface area contributed by atoms with Gasteiger partial charge in [0.2, 0.25) is 5.79 Å². The molecule has 0 radical (unpaired) electrons. The van der Waals surface area contributed by atoms with E-state index in [4.69, 9.17) is 9.47 Å². The zero-order valence-electron chi connectivity index (χ0n) is 12.2. The molecule has 0 aliphatic rings. The molecule has 20 heavy (non-hydrogen) atoms. The molecule has 0 aliphatic heterocycles. The fraction of sp³-hybridized carbons (Fsp3) is 0.222. The van der Waals surface area contributed by atoms with Crippen molar-refractivity contribution in [2.24, 2.45) is 0 Å². The van der Waals surface area contributed by atoms with E-state index in [9.17, 15) is 0 Å². The van der Waals surface area contributed by atoms with Crippen molar-refractivity contribution in [3.05, 3.63) is 72.3 Å². The standard InChI is InChI=1S/C18H20O2/c1-14(15-10-6-5-7-11-15)16-12-8-9-13-17(16)20-18(2,3)19-4/h5-13H,1H2,2-4H3. The summed E-state index contributed by atoms with van der Waals surface area (Å²) in [6, 6.07) is 18.0. The number of hydrogen-bond donors (Lipinski definition) is 0. The van der Waals surface area contributed by atoms with Crippen molar-refractivity contribution >= 4 is 5.57 Å². The van der Waals surface area contributed by atoms with Crippen molar-refractivity contribution in [2.45, 2.75) is 19.6 Å². The summed E-state index contributed by atoms with van der Waals surface area (Å²) in [5, 5.41) is 0. The minimum Gasteiger partial charge on any atom is -0.462 e. The van der Waals surface area contributed by atoms with Crippen molar-refractivity contribution in [1.29, 1.82) is 0 Å². The second-order valence-corrected chi connectivity index (χ2v) is 5.05. The van der Waals surface area contributed by atoms with E-state index in [0.29, 0.717) is 0 Å². The van der Waals surface area contributed by atoms with Crippen molar-refractivity contribution in [3.8, 4) is 5.75 Å². The van der Waals surface area contributed by atoms with Gasteiger partial charge >= 0.3 is 0 Å².